The van der Waals surface area contributed by atoms with E-state index in [4.69, 9.17) is 4.99 Å². The molecule has 1 heterocycles. The molecule has 8 heteroatoms. The van der Waals surface area contributed by atoms with Gasteiger partial charge in [-0.05, 0) is 59.6 Å². The normalized spacial score (nSPS) is 12.6. The first-order valence-corrected chi connectivity index (χ1v) is 12.8. The highest BCUT2D eigenvalue weighted by atomic mass is 32.2. The van der Waals surface area contributed by atoms with Crippen molar-refractivity contribution in [1.29, 1.82) is 0 Å². The Morgan fingerprint density at radius 1 is 1.07 bits per heavy atom. The third-order valence-electron chi connectivity index (χ3n) is 4.91. The van der Waals surface area contributed by atoms with Gasteiger partial charge in [-0.1, -0.05) is 25.6 Å². The Labute approximate surface area is 188 Å². The highest BCUT2D eigenvalue weighted by Gasteiger charge is 2.13. The Bertz CT molecular complexity index is 603. The number of hydrogen-bond donors (Lipinski definition) is 2. The Kier molecular flexibility index (Phi) is 13.1. The van der Waals surface area contributed by atoms with Crippen LogP contribution in [0.2, 0.25) is 0 Å². The van der Waals surface area contributed by atoms with Gasteiger partial charge in [-0.15, -0.1) is 10.2 Å². The SMILES string of the molecule is CCNC(=NCCCc1nnc(SC)n1CC(C)C)NCCCN(C(C)C)C(C)C. The van der Waals surface area contributed by atoms with Crippen molar-refractivity contribution in [2.24, 2.45) is 10.9 Å². The molecule has 1 rings (SSSR count). The maximum absolute atomic E-state index is 4.75. The number of aliphatic imine (C=N–C) groups is 1. The van der Waals surface area contributed by atoms with E-state index in [1.807, 2.05) is 0 Å². The Hall–Kier alpha value is -1.28. The molecular formula is C22H45N7S. The second-order valence-corrected chi connectivity index (χ2v) is 9.45. The van der Waals surface area contributed by atoms with Crippen LogP contribution in [0.5, 0.6) is 0 Å². The molecule has 0 saturated carbocycles. The van der Waals surface area contributed by atoms with E-state index in [1.54, 1.807) is 11.8 Å². The average molecular weight is 440 g/mol. The second-order valence-electron chi connectivity index (χ2n) is 8.68. The lowest BCUT2D eigenvalue weighted by Crippen LogP contribution is -2.41. The number of hydrogen-bond acceptors (Lipinski definition) is 5. The number of nitrogens with zero attached hydrogens (tertiary/aromatic N) is 5. The molecule has 0 radical (unpaired) electrons. The number of aryl methyl sites for hydroxylation is 1. The lowest BCUT2D eigenvalue weighted by molar-refractivity contribution is 0.173. The fourth-order valence-corrected chi connectivity index (χ4v) is 4.08. The first kappa shape index (κ1) is 26.8. The number of rotatable bonds is 14. The molecule has 0 aromatic carbocycles. The van der Waals surface area contributed by atoms with Crippen molar-refractivity contribution in [1.82, 2.24) is 30.3 Å². The van der Waals surface area contributed by atoms with Crippen LogP contribution in [0, 0.1) is 5.92 Å². The molecule has 30 heavy (non-hydrogen) atoms. The predicted molar refractivity (Wildman–Crippen MR) is 131 cm³/mol. The molecule has 0 unspecified atom stereocenters. The van der Waals surface area contributed by atoms with Crippen LogP contribution in [0.4, 0.5) is 0 Å². The van der Waals surface area contributed by atoms with E-state index in [-0.39, 0.29) is 0 Å². The van der Waals surface area contributed by atoms with E-state index in [0.29, 0.717) is 18.0 Å². The van der Waals surface area contributed by atoms with Crippen molar-refractivity contribution in [3.63, 3.8) is 0 Å². The molecule has 0 bridgehead atoms. The molecule has 0 fully saturated rings. The van der Waals surface area contributed by atoms with Crippen LogP contribution in [-0.2, 0) is 13.0 Å². The third kappa shape index (κ3) is 9.69. The summed E-state index contributed by atoms with van der Waals surface area (Å²) in [7, 11) is 0. The molecule has 0 atom stereocenters. The van der Waals surface area contributed by atoms with Crippen LogP contribution < -0.4 is 10.6 Å². The summed E-state index contributed by atoms with van der Waals surface area (Å²) in [5.41, 5.74) is 0. The molecule has 0 aliphatic rings. The summed E-state index contributed by atoms with van der Waals surface area (Å²) in [6.45, 7) is 20.3. The molecule has 2 N–H and O–H groups in total. The quantitative estimate of drug-likeness (QED) is 0.200. The molecule has 1 aromatic heterocycles. The lowest BCUT2D eigenvalue weighted by atomic mass is 10.2. The maximum atomic E-state index is 4.75. The minimum atomic E-state index is 0.579. The largest absolute Gasteiger partial charge is 0.357 e. The third-order valence-corrected chi connectivity index (χ3v) is 5.58. The zero-order chi connectivity index (χ0) is 22.5. The standard InChI is InChI=1S/C22H45N7S/c1-9-23-21(25-14-11-15-28(18(4)5)19(6)7)24-13-10-12-20-26-27-22(30-8)29(20)16-17(2)3/h17-19H,9-16H2,1-8H3,(H2,23,24,25). The predicted octanol–water partition coefficient (Wildman–Crippen LogP) is 3.65. The molecule has 1 aromatic rings. The average Bonchev–Trinajstić information content (AvgIpc) is 3.05. The summed E-state index contributed by atoms with van der Waals surface area (Å²) in [6.07, 6.45) is 5.04. The van der Waals surface area contributed by atoms with Gasteiger partial charge in [0.15, 0.2) is 11.1 Å². The highest BCUT2D eigenvalue weighted by molar-refractivity contribution is 7.98. The minimum absolute atomic E-state index is 0.579. The van der Waals surface area contributed by atoms with Crippen molar-refractivity contribution < 1.29 is 0 Å². The molecule has 174 valence electrons. The van der Waals surface area contributed by atoms with E-state index in [0.717, 1.165) is 68.9 Å². The van der Waals surface area contributed by atoms with Crippen molar-refractivity contribution in [2.45, 2.75) is 91.5 Å². The summed E-state index contributed by atoms with van der Waals surface area (Å²) in [5, 5.41) is 16.6. The monoisotopic (exact) mass is 439 g/mol. The molecule has 0 aliphatic heterocycles. The van der Waals surface area contributed by atoms with Gasteiger partial charge in [0.1, 0.15) is 5.82 Å². The van der Waals surface area contributed by atoms with Gasteiger partial charge in [-0.2, -0.15) is 0 Å². The summed E-state index contributed by atoms with van der Waals surface area (Å²) in [4.78, 5) is 7.28. The fourth-order valence-electron chi connectivity index (χ4n) is 3.55. The minimum Gasteiger partial charge on any atom is -0.357 e. The number of aromatic nitrogens is 3. The first-order chi connectivity index (χ1) is 14.3. The Balaban J connectivity index is 2.49. The van der Waals surface area contributed by atoms with Crippen LogP contribution >= 0.6 is 11.8 Å². The summed E-state index contributed by atoms with van der Waals surface area (Å²) >= 11 is 1.66. The molecule has 0 saturated heterocycles. The smallest absolute Gasteiger partial charge is 0.191 e. The molecule has 0 aliphatic carbocycles. The van der Waals surface area contributed by atoms with Gasteiger partial charge in [0.2, 0.25) is 0 Å². The van der Waals surface area contributed by atoms with Crippen molar-refractivity contribution >= 4 is 17.7 Å². The van der Waals surface area contributed by atoms with Gasteiger partial charge in [0.25, 0.3) is 0 Å². The molecular weight excluding hydrogens is 394 g/mol. The van der Waals surface area contributed by atoms with Crippen molar-refractivity contribution in [2.75, 3.05) is 32.4 Å². The van der Waals surface area contributed by atoms with E-state index >= 15 is 0 Å². The Morgan fingerprint density at radius 2 is 1.77 bits per heavy atom. The number of thioether (sulfide) groups is 1. The van der Waals surface area contributed by atoms with Gasteiger partial charge in [0, 0.05) is 51.2 Å². The van der Waals surface area contributed by atoms with E-state index in [1.165, 1.54) is 0 Å². The number of nitrogens with one attached hydrogen (secondary N) is 2. The van der Waals surface area contributed by atoms with Crippen LogP contribution in [0.15, 0.2) is 10.1 Å². The van der Waals surface area contributed by atoms with Crippen LogP contribution in [0.25, 0.3) is 0 Å². The molecule has 7 nitrogen and oxygen atoms in total. The van der Waals surface area contributed by atoms with E-state index in [9.17, 15) is 0 Å². The van der Waals surface area contributed by atoms with Crippen molar-refractivity contribution in [3.8, 4) is 0 Å². The fraction of sp³-hybridized carbons (Fsp3) is 0.864. The van der Waals surface area contributed by atoms with E-state index < -0.39 is 0 Å². The molecule has 0 amide bonds. The second kappa shape index (κ2) is 14.7. The summed E-state index contributed by atoms with van der Waals surface area (Å²) in [5.74, 6) is 2.56. The lowest BCUT2D eigenvalue weighted by Gasteiger charge is -2.30. The first-order valence-electron chi connectivity index (χ1n) is 11.5. The van der Waals surface area contributed by atoms with Gasteiger partial charge >= 0.3 is 0 Å². The zero-order valence-electron chi connectivity index (χ0n) is 20.5. The van der Waals surface area contributed by atoms with Gasteiger partial charge < -0.3 is 15.2 Å². The molecule has 0 spiro atoms. The summed E-state index contributed by atoms with van der Waals surface area (Å²) in [6, 6.07) is 1.16. The van der Waals surface area contributed by atoms with E-state index in [2.05, 4.69) is 85.0 Å². The topological polar surface area (TPSA) is 70.4 Å². The van der Waals surface area contributed by atoms with Crippen LogP contribution in [-0.4, -0.2) is 70.1 Å². The van der Waals surface area contributed by atoms with Crippen LogP contribution in [0.1, 0.15) is 67.1 Å². The highest BCUT2D eigenvalue weighted by Crippen LogP contribution is 2.16. The summed E-state index contributed by atoms with van der Waals surface area (Å²) < 4.78 is 2.26. The van der Waals surface area contributed by atoms with Crippen LogP contribution in [0.3, 0.4) is 0 Å². The van der Waals surface area contributed by atoms with Gasteiger partial charge in [0.05, 0.1) is 0 Å². The van der Waals surface area contributed by atoms with Crippen molar-refractivity contribution in [3.05, 3.63) is 5.82 Å². The number of guanidine groups is 1. The van der Waals surface area contributed by atoms with Gasteiger partial charge in [-0.25, -0.2) is 0 Å². The Morgan fingerprint density at radius 3 is 2.33 bits per heavy atom. The maximum Gasteiger partial charge on any atom is 0.191 e. The zero-order valence-corrected chi connectivity index (χ0v) is 21.3. The van der Waals surface area contributed by atoms with Gasteiger partial charge in [-0.3, -0.25) is 9.89 Å².